The third kappa shape index (κ3) is 133. The van der Waals surface area contributed by atoms with Gasteiger partial charge < -0.3 is 19.2 Å². The van der Waals surface area contributed by atoms with Crippen molar-refractivity contribution in [2.24, 2.45) is 0 Å². The molecule has 0 saturated carbocycles. The summed E-state index contributed by atoms with van der Waals surface area (Å²) in [6, 6.07) is 0. The number of phosphoric acid groups is 1. The van der Waals surface area contributed by atoms with Gasteiger partial charge in [0, 0.05) is 0 Å². The van der Waals surface area contributed by atoms with E-state index in [4.69, 9.17) is 34.9 Å². The van der Waals surface area contributed by atoms with Gasteiger partial charge in [0.25, 0.3) is 0 Å². The summed E-state index contributed by atoms with van der Waals surface area (Å²) in [5, 5.41) is 0. The predicted octanol–water partition coefficient (Wildman–Crippen LogP) is -16.4. The number of hydrogen-bond donors (Lipinski definition) is 0. The third-order valence-corrected chi connectivity index (χ3v) is 0. The molecule has 0 aliphatic rings. The monoisotopic (exact) mass is 370 g/mol. The van der Waals surface area contributed by atoms with Crippen LogP contribution in [0.15, 0.2) is 0 Å². The molecule has 0 aliphatic carbocycles. The summed E-state index contributed by atoms with van der Waals surface area (Å²) in [7, 11) is -5.39. The predicted molar refractivity (Wildman–Crippen MR) is 9.67 cm³/mol. The summed E-state index contributed by atoms with van der Waals surface area (Å²) in [6.07, 6.45) is 0. The van der Waals surface area contributed by atoms with Crippen LogP contribution in [0.1, 0.15) is 0 Å². The average molecular weight is 370 g/mol. The van der Waals surface area contributed by atoms with Crippen LogP contribution in [-0.4, -0.2) is 0 Å². The molecule has 0 spiro atoms. The summed E-state index contributed by atoms with van der Waals surface area (Å²) >= 11 is -5.62. The Bertz CT molecular complexity index is 245. The maximum atomic E-state index is 8.58. The van der Waals surface area contributed by atoms with Crippen molar-refractivity contribution < 1.29 is 253 Å². The van der Waals surface area contributed by atoms with Gasteiger partial charge in [-0.05, 0) is 0 Å². The molecule has 0 atom stereocenters. The Kier molecular flexibility index (Phi) is 51.8. The molecule has 14 heteroatoms. The molecule has 0 amide bonds. The van der Waals surface area contributed by atoms with E-state index in [2.05, 4.69) is 0 Å². The van der Waals surface area contributed by atoms with Crippen LogP contribution in [0.25, 0.3) is 0 Å². The van der Waals surface area contributed by atoms with Gasteiger partial charge in [0.05, 0.1) is 0 Å². The van der Waals surface area contributed by atoms with Crippen molar-refractivity contribution in [3.63, 3.8) is 0 Å². The van der Waals surface area contributed by atoms with Crippen LogP contribution < -0.4 is 224 Å². The van der Waals surface area contributed by atoms with Gasteiger partial charge in [0.15, 0.2) is 0 Å². The molecule has 0 fully saturated rings. The van der Waals surface area contributed by atoms with Crippen LogP contribution in [-0.2, 0) is 29.0 Å². The zero-order valence-corrected chi connectivity index (χ0v) is 22.7. The Labute approximate surface area is 252 Å². The summed E-state index contributed by atoms with van der Waals surface area (Å²) in [5.41, 5.74) is 0. The molecule has 0 aromatic heterocycles. The second-order valence-electron chi connectivity index (χ2n) is 0.825. The Morgan fingerprint density at radius 3 is 0.786 bits per heavy atom. The Morgan fingerprint density at radius 1 is 0.786 bits per heavy atom. The molecule has 0 unspecified atom stereocenters. The molecule has 14 heavy (non-hydrogen) atoms. The Balaban J connectivity index is -0.0000000178. The first-order valence-electron chi connectivity index (χ1n) is 1.35. The van der Waals surface area contributed by atoms with Crippen molar-refractivity contribution in [1.82, 2.24) is 0 Å². The van der Waals surface area contributed by atoms with E-state index in [1.807, 2.05) is 0 Å². The van der Waals surface area contributed by atoms with E-state index >= 15 is 0 Å². The van der Waals surface area contributed by atoms with Gasteiger partial charge in [0.2, 0.25) is 0 Å². The van der Waals surface area contributed by atoms with Crippen molar-refractivity contribution in [3.05, 3.63) is 0 Å². The summed E-state index contributed by atoms with van der Waals surface area (Å²) < 4.78 is 42.9. The first-order chi connectivity index (χ1) is 4.00. The van der Waals surface area contributed by atoms with Gasteiger partial charge in [-0.15, -0.1) is 0 Å². The minimum absolute atomic E-state index is 0. The van der Waals surface area contributed by atoms with Gasteiger partial charge in [-0.25, -0.2) is 0 Å². The molecule has 0 rings (SSSR count). The van der Waals surface area contributed by atoms with Crippen LogP contribution in [0, 0.1) is 0 Å². The van der Waals surface area contributed by atoms with E-state index in [9.17, 15) is 0 Å². The fourth-order valence-corrected chi connectivity index (χ4v) is 0. The molecular formula is K4MnO8P. The van der Waals surface area contributed by atoms with E-state index in [1.165, 1.54) is 0 Å². The topological polar surface area (TPSA) is 161 Å². The third-order valence-electron chi connectivity index (χ3n) is 0. The molecule has 0 aromatic rings. The average Bonchev–Trinajstić information content (AvgIpc) is 1.12. The molecule has 0 aromatic carbocycles. The first kappa shape index (κ1) is 37.1. The second kappa shape index (κ2) is 19.5. The SMILES string of the molecule is O=P([O-])([O-])[O-].[K+].[K+].[K+].[K+].[O]=[Mn](=[O])(=[O])[O-]. The van der Waals surface area contributed by atoms with E-state index < -0.39 is 20.8 Å². The van der Waals surface area contributed by atoms with Gasteiger partial charge in [-0.2, -0.15) is 7.82 Å². The van der Waals surface area contributed by atoms with E-state index in [-0.39, 0.29) is 206 Å². The molecular weight excluding hydrogens is 370 g/mol. The van der Waals surface area contributed by atoms with Crippen LogP contribution in [0.3, 0.4) is 0 Å². The summed E-state index contributed by atoms with van der Waals surface area (Å²) in [4.78, 5) is 25.6. The zero-order valence-electron chi connectivity index (χ0n) is 8.09. The van der Waals surface area contributed by atoms with Crippen molar-refractivity contribution in [1.29, 1.82) is 0 Å². The van der Waals surface area contributed by atoms with E-state index in [0.29, 0.717) is 0 Å². The van der Waals surface area contributed by atoms with Crippen molar-refractivity contribution in [3.8, 4) is 0 Å². The van der Waals surface area contributed by atoms with Crippen LogP contribution >= 0.6 is 7.82 Å². The van der Waals surface area contributed by atoms with Gasteiger partial charge in [-0.3, -0.25) is 0 Å². The standard InChI is InChI=1S/4K.Mn.H3O4P.4O/c;;;;;1-5(2,3)4;;;;/h;;;;;(H3,1,2,3,4);;;;/q4*+1;;;;;;-1/p-3. The number of rotatable bonds is 0. The molecule has 0 saturated heterocycles. The second-order valence-corrected chi connectivity index (χ2v) is 2.90. The Hall–Kier alpha value is 6.53. The summed E-state index contributed by atoms with van der Waals surface area (Å²) in [6.45, 7) is 0. The van der Waals surface area contributed by atoms with Gasteiger partial charge >= 0.3 is 234 Å². The molecule has 8 nitrogen and oxygen atoms in total. The minimum atomic E-state index is -5.62. The van der Waals surface area contributed by atoms with Crippen molar-refractivity contribution in [2.75, 3.05) is 0 Å². The van der Waals surface area contributed by atoms with Crippen LogP contribution in [0.2, 0.25) is 0 Å². The fraction of sp³-hybridized carbons (Fsp3) is 0. The molecule has 0 heterocycles. The van der Waals surface area contributed by atoms with Crippen LogP contribution in [0.5, 0.6) is 0 Å². The van der Waals surface area contributed by atoms with E-state index in [1.54, 1.807) is 0 Å². The van der Waals surface area contributed by atoms with Crippen molar-refractivity contribution in [2.45, 2.75) is 0 Å². The molecule has 64 valence electrons. The fourth-order valence-electron chi connectivity index (χ4n) is 0. The number of hydrogen-bond acceptors (Lipinski definition) is 8. The van der Waals surface area contributed by atoms with E-state index in [0.717, 1.165) is 0 Å². The van der Waals surface area contributed by atoms with Gasteiger partial charge in [-0.1, -0.05) is 0 Å². The van der Waals surface area contributed by atoms with Crippen LogP contribution in [0.4, 0.5) is 0 Å². The first-order valence-corrected chi connectivity index (χ1v) is 4.74. The van der Waals surface area contributed by atoms with Gasteiger partial charge in [0.1, 0.15) is 0 Å². The quantitative estimate of drug-likeness (QED) is 0.300. The van der Waals surface area contributed by atoms with Crippen molar-refractivity contribution >= 4 is 7.82 Å². The normalized spacial score (nSPS) is 8.29. The zero-order chi connectivity index (χ0) is 9.00. The molecule has 0 aliphatic heterocycles. The molecule has 0 N–H and O–H groups in total. The summed E-state index contributed by atoms with van der Waals surface area (Å²) in [5.74, 6) is 0. The Morgan fingerprint density at radius 2 is 0.786 bits per heavy atom. The maximum absolute atomic E-state index is 8.58. The molecule has 0 bridgehead atoms. The molecule has 0 radical (unpaired) electrons.